The minimum atomic E-state index is -0.157. The number of aromatic amines is 1. The van der Waals surface area contributed by atoms with Crippen LogP contribution in [0.3, 0.4) is 0 Å². The highest BCUT2D eigenvalue weighted by molar-refractivity contribution is 6.36. The molecule has 2 aliphatic heterocycles. The van der Waals surface area contributed by atoms with Gasteiger partial charge < -0.3 is 20.1 Å². The molecule has 174 valence electrons. The van der Waals surface area contributed by atoms with Gasteiger partial charge in [0.05, 0.1) is 11.1 Å². The molecule has 1 saturated heterocycles. The number of piperazine rings is 1. The maximum absolute atomic E-state index is 13.3. The summed E-state index contributed by atoms with van der Waals surface area (Å²) < 4.78 is 0. The number of halogens is 1. The van der Waals surface area contributed by atoms with E-state index in [2.05, 4.69) is 22.2 Å². The Hall–Kier alpha value is -3.35. The Morgan fingerprint density at radius 3 is 2.44 bits per heavy atom. The monoisotopic (exact) mass is 474 g/mol. The lowest BCUT2D eigenvalue weighted by Gasteiger charge is -2.32. The first-order valence-corrected chi connectivity index (χ1v) is 11.8. The number of amides is 2. The third-order valence-electron chi connectivity index (χ3n) is 6.75. The molecule has 2 amide bonds. The standard InChI is InChI=1S/C27H27ClN4O2/c1-16-23(29-17(2)24(16)27(34)32-13-11-31(3)12-14-32)15-21-25-20(18-7-9-19(28)10-8-18)5-4-6-22(25)30-26(21)33/h4-10,15,29H,11-14H2,1-3H3,(H,30,33). The summed E-state index contributed by atoms with van der Waals surface area (Å²) in [5.41, 5.74) is 7.29. The number of nitrogens with one attached hydrogen (secondary N) is 2. The number of aromatic nitrogens is 1. The third-order valence-corrected chi connectivity index (χ3v) is 7.00. The predicted octanol–water partition coefficient (Wildman–Crippen LogP) is 4.83. The van der Waals surface area contributed by atoms with E-state index in [4.69, 9.17) is 11.6 Å². The van der Waals surface area contributed by atoms with Crippen molar-refractivity contribution in [2.75, 3.05) is 38.5 Å². The highest BCUT2D eigenvalue weighted by Gasteiger charge is 2.29. The summed E-state index contributed by atoms with van der Waals surface area (Å²) in [7, 11) is 2.07. The molecule has 2 N–H and O–H groups in total. The van der Waals surface area contributed by atoms with Crippen molar-refractivity contribution < 1.29 is 9.59 Å². The fourth-order valence-corrected chi connectivity index (χ4v) is 4.93. The molecule has 0 radical (unpaired) electrons. The van der Waals surface area contributed by atoms with E-state index in [9.17, 15) is 9.59 Å². The van der Waals surface area contributed by atoms with Crippen molar-refractivity contribution in [2.24, 2.45) is 0 Å². The molecule has 0 atom stereocenters. The van der Waals surface area contributed by atoms with Crippen LogP contribution in [0, 0.1) is 13.8 Å². The normalized spacial score (nSPS) is 17.2. The number of carbonyl (C=O) groups is 2. The van der Waals surface area contributed by atoms with E-state index in [-0.39, 0.29) is 11.8 Å². The third kappa shape index (κ3) is 3.93. The van der Waals surface area contributed by atoms with Crippen LogP contribution in [0.1, 0.15) is 32.9 Å². The lowest BCUT2D eigenvalue weighted by Crippen LogP contribution is -2.47. The number of hydrogen-bond acceptors (Lipinski definition) is 3. The highest BCUT2D eigenvalue weighted by atomic mass is 35.5. The van der Waals surface area contributed by atoms with E-state index in [0.29, 0.717) is 16.2 Å². The summed E-state index contributed by atoms with van der Waals surface area (Å²) in [6.45, 7) is 7.04. The second kappa shape index (κ2) is 8.78. The molecule has 2 aliphatic rings. The van der Waals surface area contributed by atoms with Crippen LogP contribution in [0.25, 0.3) is 22.8 Å². The molecule has 5 rings (SSSR count). The Labute approximate surface area is 204 Å². The lowest BCUT2D eigenvalue weighted by molar-refractivity contribution is -0.110. The fraction of sp³-hybridized carbons (Fsp3) is 0.259. The average molecular weight is 475 g/mol. The number of hydrogen-bond donors (Lipinski definition) is 2. The molecule has 0 aliphatic carbocycles. The zero-order valence-electron chi connectivity index (χ0n) is 19.5. The van der Waals surface area contributed by atoms with Gasteiger partial charge in [-0.15, -0.1) is 0 Å². The Bertz CT molecular complexity index is 1320. The number of likely N-dealkylation sites (N-methyl/N-ethyl adjacent to an activating group) is 1. The Balaban J connectivity index is 1.55. The van der Waals surface area contributed by atoms with E-state index in [1.807, 2.05) is 67.3 Å². The molecule has 6 nitrogen and oxygen atoms in total. The zero-order valence-corrected chi connectivity index (χ0v) is 20.3. The van der Waals surface area contributed by atoms with E-state index in [0.717, 1.165) is 65.5 Å². The molecule has 2 aromatic carbocycles. The average Bonchev–Trinajstić information content (AvgIpc) is 3.29. The van der Waals surface area contributed by atoms with Gasteiger partial charge in [-0.05, 0) is 61.9 Å². The molecule has 1 fully saturated rings. The molecule has 0 spiro atoms. The second-order valence-electron chi connectivity index (χ2n) is 9.01. The number of fused-ring (bicyclic) bond motifs is 1. The van der Waals surface area contributed by atoms with Gasteiger partial charge in [0.15, 0.2) is 0 Å². The first-order chi connectivity index (χ1) is 16.3. The van der Waals surface area contributed by atoms with Gasteiger partial charge >= 0.3 is 0 Å². The smallest absolute Gasteiger partial charge is 0.256 e. The number of H-pyrrole nitrogens is 1. The zero-order chi connectivity index (χ0) is 24.0. The van der Waals surface area contributed by atoms with Crippen LogP contribution in [0.5, 0.6) is 0 Å². The van der Waals surface area contributed by atoms with Gasteiger partial charge in [-0.3, -0.25) is 9.59 Å². The molecule has 0 saturated carbocycles. The largest absolute Gasteiger partial charge is 0.358 e. The summed E-state index contributed by atoms with van der Waals surface area (Å²) in [6, 6.07) is 13.4. The van der Waals surface area contributed by atoms with Crippen LogP contribution >= 0.6 is 11.6 Å². The maximum atomic E-state index is 13.3. The molecule has 0 bridgehead atoms. The number of aryl methyl sites for hydroxylation is 1. The van der Waals surface area contributed by atoms with E-state index < -0.39 is 0 Å². The number of anilines is 1. The van der Waals surface area contributed by atoms with Gasteiger partial charge in [-0.25, -0.2) is 0 Å². The van der Waals surface area contributed by atoms with Crippen molar-refractivity contribution in [1.82, 2.24) is 14.8 Å². The minimum absolute atomic E-state index is 0.0436. The van der Waals surface area contributed by atoms with Crippen LogP contribution in [0.4, 0.5) is 5.69 Å². The number of benzene rings is 2. The summed E-state index contributed by atoms with van der Waals surface area (Å²) in [5.74, 6) is -0.114. The highest BCUT2D eigenvalue weighted by Crippen LogP contribution is 2.41. The summed E-state index contributed by atoms with van der Waals surface area (Å²) >= 11 is 6.08. The van der Waals surface area contributed by atoms with E-state index in [1.54, 1.807) is 0 Å². The molecule has 3 heterocycles. The van der Waals surface area contributed by atoms with Crippen LogP contribution in [-0.4, -0.2) is 59.8 Å². The number of rotatable bonds is 3. The Morgan fingerprint density at radius 1 is 1.03 bits per heavy atom. The van der Waals surface area contributed by atoms with Crippen molar-refractivity contribution in [1.29, 1.82) is 0 Å². The van der Waals surface area contributed by atoms with Crippen molar-refractivity contribution >= 4 is 40.8 Å². The molecule has 7 heteroatoms. The maximum Gasteiger partial charge on any atom is 0.256 e. The van der Waals surface area contributed by atoms with Gasteiger partial charge in [0, 0.05) is 53.8 Å². The Kier molecular flexibility index (Phi) is 5.80. The Morgan fingerprint density at radius 2 is 1.74 bits per heavy atom. The molecule has 3 aromatic rings. The molecule has 34 heavy (non-hydrogen) atoms. The number of carbonyl (C=O) groups excluding carboxylic acids is 2. The van der Waals surface area contributed by atoms with Gasteiger partial charge in [0.25, 0.3) is 11.8 Å². The van der Waals surface area contributed by atoms with Gasteiger partial charge in [-0.2, -0.15) is 0 Å². The quantitative estimate of drug-likeness (QED) is 0.534. The van der Waals surface area contributed by atoms with Crippen LogP contribution < -0.4 is 5.32 Å². The fourth-order valence-electron chi connectivity index (χ4n) is 4.81. The van der Waals surface area contributed by atoms with Crippen molar-refractivity contribution in [3.05, 3.63) is 75.6 Å². The predicted molar refractivity (Wildman–Crippen MR) is 137 cm³/mol. The summed E-state index contributed by atoms with van der Waals surface area (Å²) in [5, 5.41) is 3.65. The first kappa shape index (κ1) is 22.4. The van der Waals surface area contributed by atoms with Gasteiger partial charge in [0.1, 0.15) is 0 Å². The van der Waals surface area contributed by atoms with E-state index in [1.165, 1.54) is 0 Å². The number of nitrogens with zero attached hydrogens (tertiary/aromatic N) is 2. The molecule has 0 unspecified atom stereocenters. The van der Waals surface area contributed by atoms with Crippen LogP contribution in [0.15, 0.2) is 42.5 Å². The van der Waals surface area contributed by atoms with Gasteiger partial charge in [0.2, 0.25) is 0 Å². The summed E-state index contributed by atoms with van der Waals surface area (Å²) in [6.07, 6.45) is 1.86. The van der Waals surface area contributed by atoms with Gasteiger partial charge in [-0.1, -0.05) is 35.9 Å². The topological polar surface area (TPSA) is 68.4 Å². The van der Waals surface area contributed by atoms with Crippen LogP contribution in [-0.2, 0) is 4.79 Å². The molecule has 1 aromatic heterocycles. The van der Waals surface area contributed by atoms with Crippen molar-refractivity contribution in [3.63, 3.8) is 0 Å². The molecular formula is C27H27ClN4O2. The first-order valence-electron chi connectivity index (χ1n) is 11.4. The summed E-state index contributed by atoms with van der Waals surface area (Å²) in [4.78, 5) is 33.8. The van der Waals surface area contributed by atoms with Crippen molar-refractivity contribution in [2.45, 2.75) is 13.8 Å². The van der Waals surface area contributed by atoms with Crippen LogP contribution in [0.2, 0.25) is 5.02 Å². The minimum Gasteiger partial charge on any atom is -0.358 e. The lowest BCUT2D eigenvalue weighted by atomic mass is 9.94. The SMILES string of the molecule is Cc1[nH]c(C=C2C(=O)Nc3cccc(-c4ccc(Cl)cc4)c32)c(C)c1C(=O)N1CCN(C)CC1. The van der Waals surface area contributed by atoms with Crippen molar-refractivity contribution in [3.8, 4) is 11.1 Å². The molecular weight excluding hydrogens is 448 g/mol. The van der Waals surface area contributed by atoms with E-state index >= 15 is 0 Å². The second-order valence-corrected chi connectivity index (χ2v) is 9.44.